The van der Waals surface area contributed by atoms with Crippen LogP contribution in [0.2, 0.25) is 5.28 Å². The molecule has 1 aromatic carbocycles. The zero-order valence-corrected chi connectivity index (χ0v) is 16.0. The van der Waals surface area contributed by atoms with Crippen molar-refractivity contribution in [2.45, 2.75) is 44.6 Å². The molecule has 2 aromatic rings. The molecule has 1 aliphatic rings. The third-order valence-electron chi connectivity index (χ3n) is 4.95. The average molecular weight is 390 g/mol. The van der Waals surface area contributed by atoms with Crippen LogP contribution in [0.4, 0.5) is 11.9 Å². The molecule has 1 saturated carbocycles. The number of anilines is 2. The Bertz CT molecular complexity index is 766. The molecular weight excluding hydrogens is 366 g/mol. The molecule has 0 saturated heterocycles. The largest absolute Gasteiger partial charge is 0.481 e. The predicted octanol–water partition coefficient (Wildman–Crippen LogP) is 3.80. The smallest absolute Gasteiger partial charge is 0.306 e. The number of hydrogen-bond donors (Lipinski definition) is 3. The van der Waals surface area contributed by atoms with Gasteiger partial charge in [-0.25, -0.2) is 0 Å². The Morgan fingerprint density at radius 2 is 1.81 bits per heavy atom. The number of nitrogens with zero attached hydrogens (tertiary/aromatic N) is 3. The molecule has 3 N–H and O–H groups in total. The highest BCUT2D eigenvalue weighted by Crippen LogP contribution is 2.26. The van der Waals surface area contributed by atoms with Gasteiger partial charge >= 0.3 is 5.97 Å². The van der Waals surface area contributed by atoms with Crippen molar-refractivity contribution in [1.29, 1.82) is 0 Å². The number of halogens is 1. The van der Waals surface area contributed by atoms with Crippen molar-refractivity contribution < 1.29 is 9.90 Å². The van der Waals surface area contributed by atoms with Crippen LogP contribution in [0, 0.1) is 5.92 Å². The second-order valence-electron chi connectivity index (χ2n) is 6.98. The van der Waals surface area contributed by atoms with Crippen LogP contribution in [-0.4, -0.2) is 38.6 Å². The number of aliphatic carboxylic acids is 1. The molecule has 3 rings (SSSR count). The number of benzene rings is 1. The van der Waals surface area contributed by atoms with Gasteiger partial charge in [-0.05, 0) is 48.8 Å². The summed E-state index contributed by atoms with van der Waals surface area (Å²) in [4.78, 5) is 23.7. The van der Waals surface area contributed by atoms with Crippen LogP contribution in [-0.2, 0) is 4.79 Å². The first-order valence-corrected chi connectivity index (χ1v) is 9.59. The molecule has 144 valence electrons. The zero-order chi connectivity index (χ0) is 19.2. The van der Waals surface area contributed by atoms with E-state index in [-0.39, 0.29) is 17.2 Å². The number of rotatable bonds is 7. The van der Waals surface area contributed by atoms with Gasteiger partial charge in [0.15, 0.2) is 0 Å². The summed E-state index contributed by atoms with van der Waals surface area (Å²) in [6.07, 6.45) is 2.86. The molecule has 1 fully saturated rings. The van der Waals surface area contributed by atoms with Gasteiger partial charge < -0.3 is 15.7 Å². The van der Waals surface area contributed by atoms with E-state index in [4.69, 9.17) is 16.7 Å². The maximum atomic E-state index is 11.1. The summed E-state index contributed by atoms with van der Waals surface area (Å²) in [6, 6.07) is 10.4. The maximum Gasteiger partial charge on any atom is 0.306 e. The molecule has 1 atom stereocenters. The number of carboxylic acid groups (broad SMARTS) is 1. The van der Waals surface area contributed by atoms with E-state index in [2.05, 4.69) is 44.6 Å². The highest BCUT2D eigenvalue weighted by molar-refractivity contribution is 6.28. The number of hydrogen-bond acceptors (Lipinski definition) is 6. The van der Waals surface area contributed by atoms with Gasteiger partial charge in [0.1, 0.15) is 0 Å². The number of carbonyl (C=O) groups is 1. The molecule has 27 heavy (non-hydrogen) atoms. The van der Waals surface area contributed by atoms with Crippen LogP contribution >= 0.6 is 11.6 Å². The number of aromatic nitrogens is 3. The second kappa shape index (κ2) is 8.99. The van der Waals surface area contributed by atoms with Crippen LogP contribution in [0.1, 0.15) is 44.1 Å². The lowest BCUT2D eigenvalue weighted by Crippen LogP contribution is -2.30. The van der Waals surface area contributed by atoms with Gasteiger partial charge in [0.05, 0.1) is 5.92 Å². The Balaban J connectivity index is 1.57. The third-order valence-corrected chi connectivity index (χ3v) is 5.12. The van der Waals surface area contributed by atoms with Crippen molar-refractivity contribution in [3.8, 4) is 0 Å². The summed E-state index contributed by atoms with van der Waals surface area (Å²) in [5, 5.41) is 15.7. The highest BCUT2D eigenvalue weighted by atomic mass is 35.5. The van der Waals surface area contributed by atoms with Crippen LogP contribution in [0.3, 0.4) is 0 Å². The van der Waals surface area contributed by atoms with Crippen LogP contribution in [0.15, 0.2) is 30.3 Å². The zero-order valence-electron chi connectivity index (χ0n) is 15.2. The van der Waals surface area contributed by atoms with Crippen molar-refractivity contribution in [1.82, 2.24) is 15.0 Å². The molecule has 1 aliphatic carbocycles. The van der Waals surface area contributed by atoms with E-state index in [1.807, 2.05) is 18.2 Å². The van der Waals surface area contributed by atoms with E-state index in [0.717, 1.165) is 12.8 Å². The van der Waals surface area contributed by atoms with Crippen molar-refractivity contribution in [2.75, 3.05) is 17.2 Å². The minimum Gasteiger partial charge on any atom is -0.481 e. The minimum absolute atomic E-state index is 0.126. The molecule has 0 spiro atoms. The fourth-order valence-corrected chi connectivity index (χ4v) is 3.46. The van der Waals surface area contributed by atoms with E-state index in [1.165, 1.54) is 5.56 Å². The fourth-order valence-electron chi connectivity index (χ4n) is 3.30. The minimum atomic E-state index is -0.712. The number of nitrogens with one attached hydrogen (secondary N) is 2. The first kappa shape index (κ1) is 19.4. The topological polar surface area (TPSA) is 100 Å². The molecular formula is C19H24ClN5O2. The molecule has 7 nitrogen and oxygen atoms in total. The van der Waals surface area contributed by atoms with Gasteiger partial charge in [-0.15, -0.1) is 0 Å². The summed E-state index contributed by atoms with van der Waals surface area (Å²) in [7, 11) is 0. The monoisotopic (exact) mass is 389 g/mol. The lowest BCUT2D eigenvalue weighted by Gasteiger charge is -2.26. The molecule has 1 aromatic heterocycles. The van der Waals surface area contributed by atoms with E-state index >= 15 is 0 Å². The normalized spacial score (nSPS) is 20.7. The lowest BCUT2D eigenvalue weighted by molar-refractivity contribution is -0.142. The summed E-state index contributed by atoms with van der Waals surface area (Å²) in [5.41, 5.74) is 1.23. The summed E-state index contributed by atoms with van der Waals surface area (Å²) >= 11 is 6.04. The van der Waals surface area contributed by atoms with Gasteiger partial charge in [0.25, 0.3) is 0 Å². The van der Waals surface area contributed by atoms with Gasteiger partial charge in [0, 0.05) is 12.6 Å². The Morgan fingerprint density at radius 1 is 1.15 bits per heavy atom. The molecule has 0 unspecified atom stereocenters. The first-order valence-electron chi connectivity index (χ1n) is 9.21. The average Bonchev–Trinajstić information content (AvgIpc) is 2.67. The fraction of sp³-hybridized carbons (Fsp3) is 0.474. The summed E-state index contributed by atoms with van der Waals surface area (Å²) in [5.74, 6) is 0.185. The molecule has 8 heteroatoms. The molecule has 0 bridgehead atoms. The standard InChI is InChI=1S/C19H24ClN5O2/c1-12(13-5-3-2-4-6-13)11-21-18-23-17(20)24-19(25-18)22-15-9-7-14(8-10-15)16(26)27/h2-6,12,14-15H,7-11H2,1H3,(H,26,27)(H2,21,22,23,24,25)/t12-,14?,15?/m0/s1. The Hall–Kier alpha value is -2.41. The van der Waals surface area contributed by atoms with E-state index in [1.54, 1.807) is 0 Å². The van der Waals surface area contributed by atoms with Gasteiger partial charge in [-0.2, -0.15) is 15.0 Å². The van der Waals surface area contributed by atoms with Gasteiger partial charge in [0.2, 0.25) is 17.2 Å². The number of carboxylic acids is 1. The second-order valence-corrected chi connectivity index (χ2v) is 7.31. The van der Waals surface area contributed by atoms with Crippen molar-refractivity contribution >= 4 is 29.5 Å². The summed E-state index contributed by atoms with van der Waals surface area (Å²) < 4.78 is 0. The maximum absolute atomic E-state index is 11.1. The lowest BCUT2D eigenvalue weighted by atomic mass is 9.86. The third kappa shape index (κ3) is 5.53. The summed E-state index contributed by atoms with van der Waals surface area (Å²) in [6.45, 7) is 2.80. The first-order chi connectivity index (χ1) is 13.0. The quantitative estimate of drug-likeness (QED) is 0.662. The molecule has 1 heterocycles. The van der Waals surface area contributed by atoms with E-state index in [0.29, 0.717) is 37.2 Å². The van der Waals surface area contributed by atoms with E-state index < -0.39 is 5.97 Å². The molecule has 0 radical (unpaired) electrons. The Kier molecular flexibility index (Phi) is 6.45. The van der Waals surface area contributed by atoms with Crippen LogP contribution < -0.4 is 10.6 Å². The highest BCUT2D eigenvalue weighted by Gasteiger charge is 2.26. The van der Waals surface area contributed by atoms with Crippen LogP contribution in [0.25, 0.3) is 0 Å². The Morgan fingerprint density at radius 3 is 2.48 bits per heavy atom. The van der Waals surface area contributed by atoms with E-state index in [9.17, 15) is 4.79 Å². The van der Waals surface area contributed by atoms with Crippen molar-refractivity contribution in [3.05, 3.63) is 41.2 Å². The van der Waals surface area contributed by atoms with Gasteiger partial charge in [-0.3, -0.25) is 4.79 Å². The van der Waals surface area contributed by atoms with Crippen LogP contribution in [0.5, 0.6) is 0 Å². The van der Waals surface area contributed by atoms with Crippen molar-refractivity contribution in [2.24, 2.45) is 5.92 Å². The van der Waals surface area contributed by atoms with Gasteiger partial charge in [-0.1, -0.05) is 37.3 Å². The Labute approximate surface area is 163 Å². The predicted molar refractivity (Wildman–Crippen MR) is 105 cm³/mol. The van der Waals surface area contributed by atoms with Crippen molar-refractivity contribution in [3.63, 3.8) is 0 Å². The molecule has 0 amide bonds. The molecule has 0 aliphatic heterocycles. The SMILES string of the molecule is C[C@@H](CNc1nc(Cl)nc(NC2CCC(C(=O)O)CC2)n1)c1ccccc1.